The average molecular weight is 417 g/mol. The number of halogens is 3. The molecule has 1 heterocycles. The molecule has 0 fully saturated rings. The summed E-state index contributed by atoms with van der Waals surface area (Å²) < 4.78 is 89.7. The van der Waals surface area contributed by atoms with Crippen molar-refractivity contribution >= 4 is 25.5 Å². The van der Waals surface area contributed by atoms with Crippen molar-refractivity contribution in [2.45, 2.75) is 17.1 Å². The Labute approximate surface area is 154 Å². The Balaban J connectivity index is 2.17. The summed E-state index contributed by atoms with van der Waals surface area (Å²) in [5, 5.41) is 0.874. The van der Waals surface area contributed by atoms with E-state index in [0.29, 0.717) is 6.07 Å². The topological polar surface area (TPSA) is 71.5 Å². The number of sulfone groups is 1. The molecule has 0 saturated heterocycles. The van der Waals surface area contributed by atoms with Gasteiger partial charge in [-0.3, -0.25) is 4.31 Å². The van der Waals surface area contributed by atoms with E-state index in [1.165, 1.54) is 30.3 Å². The van der Waals surface area contributed by atoms with E-state index in [2.05, 4.69) is 0 Å². The molecule has 1 atom stereocenters. The third-order valence-corrected chi connectivity index (χ3v) is 7.19. The van der Waals surface area contributed by atoms with Gasteiger partial charge in [0.25, 0.3) is 10.0 Å². The van der Waals surface area contributed by atoms with Crippen LogP contribution in [0.25, 0.3) is 0 Å². The van der Waals surface area contributed by atoms with Gasteiger partial charge in [0.2, 0.25) is 0 Å². The van der Waals surface area contributed by atoms with Crippen LogP contribution in [-0.2, 0) is 26.0 Å². The van der Waals surface area contributed by atoms with Gasteiger partial charge < -0.3 is 0 Å². The summed E-state index contributed by atoms with van der Waals surface area (Å²) in [6.45, 7) is 0. The van der Waals surface area contributed by atoms with Gasteiger partial charge in [-0.15, -0.1) is 0 Å². The van der Waals surface area contributed by atoms with Crippen LogP contribution in [0.1, 0.15) is 5.56 Å². The third kappa shape index (κ3) is 4.01. The summed E-state index contributed by atoms with van der Waals surface area (Å²) in [6, 6.07) is 9.77. The molecular weight excluding hydrogens is 403 g/mol. The fourth-order valence-corrected chi connectivity index (χ4v) is 5.72. The Hall–Kier alpha value is -2.33. The molecule has 0 amide bonds. The van der Waals surface area contributed by atoms with Crippen LogP contribution in [0, 0.1) is 0 Å². The molecule has 0 radical (unpaired) electrons. The quantitative estimate of drug-likeness (QED) is 0.766. The first-order chi connectivity index (χ1) is 12.5. The molecule has 0 aliphatic carbocycles. The zero-order valence-corrected chi connectivity index (χ0v) is 15.3. The molecule has 10 heteroatoms. The van der Waals surface area contributed by atoms with E-state index in [0.717, 1.165) is 27.9 Å². The lowest BCUT2D eigenvalue weighted by atomic mass is 10.2. The van der Waals surface area contributed by atoms with Gasteiger partial charge in [-0.1, -0.05) is 24.3 Å². The first kappa shape index (κ1) is 19.4. The summed E-state index contributed by atoms with van der Waals surface area (Å²) in [5.74, 6) is -0.546. The van der Waals surface area contributed by atoms with Crippen LogP contribution < -0.4 is 4.31 Å². The molecule has 144 valence electrons. The average Bonchev–Trinajstić information content (AvgIpc) is 2.94. The molecular formula is C17H14F3NO4S2. The Bertz CT molecular complexity index is 1080. The van der Waals surface area contributed by atoms with Gasteiger partial charge >= 0.3 is 6.18 Å². The van der Waals surface area contributed by atoms with Gasteiger partial charge in [-0.25, -0.2) is 16.8 Å². The van der Waals surface area contributed by atoms with Crippen molar-refractivity contribution < 1.29 is 30.0 Å². The van der Waals surface area contributed by atoms with Gasteiger partial charge in [0.1, 0.15) is 0 Å². The number of hydrogen-bond acceptors (Lipinski definition) is 4. The maximum Gasteiger partial charge on any atom is 0.416 e. The van der Waals surface area contributed by atoms with Crippen LogP contribution in [0.2, 0.25) is 0 Å². The highest BCUT2D eigenvalue weighted by Gasteiger charge is 2.37. The van der Waals surface area contributed by atoms with Crippen LogP contribution >= 0.6 is 0 Å². The molecule has 1 unspecified atom stereocenters. The molecule has 2 aromatic rings. The second-order valence-corrected chi connectivity index (χ2v) is 9.63. The SMILES string of the molecule is O=S1(=O)C=CC(N(c2cccc(C(F)(F)F)c2)S(=O)(=O)c2ccccc2)C1. The normalized spacial score (nSPS) is 19.1. The number of hydrogen-bond donors (Lipinski definition) is 0. The van der Waals surface area contributed by atoms with E-state index in [1.54, 1.807) is 6.07 Å². The minimum absolute atomic E-state index is 0.153. The number of alkyl halides is 3. The predicted molar refractivity (Wildman–Crippen MR) is 94.3 cm³/mol. The molecule has 0 spiro atoms. The first-order valence-corrected chi connectivity index (χ1v) is 10.8. The van der Waals surface area contributed by atoms with Crippen molar-refractivity contribution in [2.75, 3.05) is 10.1 Å². The zero-order chi connectivity index (χ0) is 19.9. The lowest BCUT2D eigenvalue weighted by Gasteiger charge is -2.29. The Kier molecular flexibility index (Phi) is 4.81. The van der Waals surface area contributed by atoms with Gasteiger partial charge in [0.15, 0.2) is 9.84 Å². The van der Waals surface area contributed by atoms with Crippen LogP contribution in [0.4, 0.5) is 18.9 Å². The lowest BCUT2D eigenvalue weighted by molar-refractivity contribution is -0.137. The summed E-state index contributed by atoms with van der Waals surface area (Å²) in [4.78, 5) is -0.153. The van der Waals surface area contributed by atoms with E-state index >= 15 is 0 Å². The molecule has 1 aliphatic rings. The second kappa shape index (κ2) is 6.68. The molecule has 27 heavy (non-hydrogen) atoms. The third-order valence-electron chi connectivity index (χ3n) is 3.94. The summed E-state index contributed by atoms with van der Waals surface area (Å²) in [7, 11) is -7.94. The molecule has 0 N–H and O–H groups in total. The van der Waals surface area contributed by atoms with Crippen molar-refractivity contribution in [3.8, 4) is 0 Å². The van der Waals surface area contributed by atoms with Gasteiger partial charge in [0, 0.05) is 5.41 Å². The molecule has 0 aromatic heterocycles. The number of rotatable bonds is 4. The standard InChI is InChI=1S/C17H14F3NO4S2/c18-17(19,20)13-5-4-6-14(11-13)21(15-9-10-26(22,23)12-15)27(24,25)16-7-2-1-3-8-16/h1-11,15H,12H2. The maximum atomic E-state index is 13.1. The van der Waals surface area contributed by atoms with Crippen molar-refractivity contribution in [3.05, 3.63) is 71.6 Å². The minimum atomic E-state index is -4.67. The van der Waals surface area contributed by atoms with Crippen LogP contribution in [0.15, 0.2) is 71.0 Å². The summed E-state index contributed by atoms with van der Waals surface area (Å²) >= 11 is 0. The van der Waals surface area contributed by atoms with E-state index in [4.69, 9.17) is 0 Å². The van der Waals surface area contributed by atoms with Crippen molar-refractivity contribution in [1.29, 1.82) is 0 Å². The van der Waals surface area contributed by atoms with Gasteiger partial charge in [-0.2, -0.15) is 13.2 Å². The van der Waals surface area contributed by atoms with E-state index < -0.39 is 43.4 Å². The molecule has 0 saturated carbocycles. The molecule has 3 rings (SSSR count). The highest BCUT2D eigenvalue weighted by molar-refractivity contribution is 7.95. The minimum Gasteiger partial charge on any atom is -0.258 e. The number of benzene rings is 2. The maximum absolute atomic E-state index is 13.1. The fraction of sp³-hybridized carbons (Fsp3) is 0.176. The van der Waals surface area contributed by atoms with Crippen molar-refractivity contribution in [1.82, 2.24) is 0 Å². The Morgan fingerprint density at radius 3 is 2.22 bits per heavy atom. The zero-order valence-electron chi connectivity index (χ0n) is 13.7. The van der Waals surface area contributed by atoms with Gasteiger partial charge in [0.05, 0.1) is 27.9 Å². The number of nitrogens with zero attached hydrogens (tertiary/aromatic N) is 1. The Morgan fingerprint density at radius 2 is 1.67 bits per heavy atom. The molecule has 2 aromatic carbocycles. The second-order valence-electron chi connectivity index (χ2n) is 5.89. The van der Waals surface area contributed by atoms with Crippen molar-refractivity contribution in [2.24, 2.45) is 0 Å². The molecule has 1 aliphatic heterocycles. The number of anilines is 1. The van der Waals surface area contributed by atoms with E-state index in [1.807, 2.05) is 0 Å². The smallest absolute Gasteiger partial charge is 0.258 e. The molecule has 0 bridgehead atoms. The monoisotopic (exact) mass is 417 g/mol. The van der Waals surface area contributed by atoms with E-state index in [9.17, 15) is 30.0 Å². The molecule has 5 nitrogen and oxygen atoms in total. The van der Waals surface area contributed by atoms with Crippen LogP contribution in [-0.4, -0.2) is 28.6 Å². The first-order valence-electron chi connectivity index (χ1n) is 7.68. The summed E-state index contributed by atoms with van der Waals surface area (Å²) in [6.07, 6.45) is -3.51. The largest absolute Gasteiger partial charge is 0.416 e. The highest BCUT2D eigenvalue weighted by atomic mass is 32.2. The van der Waals surface area contributed by atoms with Crippen molar-refractivity contribution in [3.63, 3.8) is 0 Å². The highest BCUT2D eigenvalue weighted by Crippen LogP contribution is 2.35. The fourth-order valence-electron chi connectivity index (χ4n) is 2.74. The summed E-state index contributed by atoms with van der Waals surface area (Å²) in [5.41, 5.74) is -1.29. The number of sulfonamides is 1. The van der Waals surface area contributed by atoms with Gasteiger partial charge in [-0.05, 0) is 36.4 Å². The van der Waals surface area contributed by atoms with E-state index in [-0.39, 0.29) is 10.6 Å². The van der Waals surface area contributed by atoms with Crippen LogP contribution in [0.5, 0.6) is 0 Å². The van der Waals surface area contributed by atoms with Crippen LogP contribution in [0.3, 0.4) is 0 Å². The predicted octanol–water partition coefficient (Wildman–Crippen LogP) is 3.21. The Morgan fingerprint density at radius 1 is 1.00 bits per heavy atom. The lowest BCUT2D eigenvalue weighted by Crippen LogP contribution is -2.41.